The second-order valence-electron chi connectivity index (χ2n) is 4.63. The number of hydrogen-bond donors (Lipinski definition) is 2. The topological polar surface area (TPSA) is 53.6 Å². The molecule has 4 nitrogen and oxygen atoms in total. The maximum absolute atomic E-state index is 4.36. The van der Waals surface area contributed by atoms with Gasteiger partial charge in [0.05, 0.1) is 11.9 Å². The van der Waals surface area contributed by atoms with E-state index >= 15 is 0 Å². The SMILES string of the molecule is Cc1ccc(CNCCCc2cn[nH]c2C)nc1. The van der Waals surface area contributed by atoms with Gasteiger partial charge in [0.1, 0.15) is 0 Å². The highest BCUT2D eigenvalue weighted by molar-refractivity contribution is 5.14. The average molecular weight is 244 g/mol. The zero-order valence-electron chi connectivity index (χ0n) is 11.0. The lowest BCUT2D eigenvalue weighted by Crippen LogP contribution is -2.16. The van der Waals surface area contributed by atoms with E-state index < -0.39 is 0 Å². The molecule has 0 aliphatic rings. The van der Waals surface area contributed by atoms with Crippen LogP contribution >= 0.6 is 0 Å². The van der Waals surface area contributed by atoms with Gasteiger partial charge < -0.3 is 5.32 Å². The third-order valence-corrected chi connectivity index (χ3v) is 3.01. The number of rotatable bonds is 6. The van der Waals surface area contributed by atoms with Crippen molar-refractivity contribution in [1.82, 2.24) is 20.5 Å². The van der Waals surface area contributed by atoms with Crippen LogP contribution in [0.3, 0.4) is 0 Å². The summed E-state index contributed by atoms with van der Waals surface area (Å²) in [6.07, 6.45) is 6.01. The number of pyridine rings is 1. The normalized spacial score (nSPS) is 10.8. The molecule has 2 rings (SSSR count). The maximum atomic E-state index is 4.36. The summed E-state index contributed by atoms with van der Waals surface area (Å²) in [4.78, 5) is 4.36. The van der Waals surface area contributed by atoms with Crippen LogP contribution in [0.2, 0.25) is 0 Å². The lowest BCUT2D eigenvalue weighted by molar-refractivity contribution is 0.640. The minimum absolute atomic E-state index is 0.838. The second-order valence-corrected chi connectivity index (χ2v) is 4.63. The second kappa shape index (κ2) is 6.31. The number of aromatic nitrogens is 3. The molecule has 2 aromatic heterocycles. The van der Waals surface area contributed by atoms with Crippen molar-refractivity contribution in [3.8, 4) is 0 Å². The molecular weight excluding hydrogens is 224 g/mol. The van der Waals surface area contributed by atoms with E-state index in [-0.39, 0.29) is 0 Å². The molecule has 2 N–H and O–H groups in total. The molecule has 0 aromatic carbocycles. The third kappa shape index (κ3) is 3.67. The van der Waals surface area contributed by atoms with E-state index in [1.54, 1.807) is 0 Å². The van der Waals surface area contributed by atoms with E-state index in [4.69, 9.17) is 0 Å². The molecule has 2 aromatic rings. The highest BCUT2D eigenvalue weighted by Gasteiger charge is 1.99. The van der Waals surface area contributed by atoms with Crippen molar-refractivity contribution in [1.29, 1.82) is 0 Å². The van der Waals surface area contributed by atoms with E-state index in [2.05, 4.69) is 46.5 Å². The van der Waals surface area contributed by atoms with Crippen LogP contribution in [-0.4, -0.2) is 21.7 Å². The Labute approximate surface area is 108 Å². The number of nitrogens with one attached hydrogen (secondary N) is 2. The summed E-state index contributed by atoms with van der Waals surface area (Å²) >= 11 is 0. The van der Waals surface area contributed by atoms with Gasteiger partial charge >= 0.3 is 0 Å². The first-order valence-corrected chi connectivity index (χ1v) is 6.37. The predicted molar refractivity (Wildman–Crippen MR) is 72.3 cm³/mol. The fraction of sp³-hybridized carbons (Fsp3) is 0.429. The van der Waals surface area contributed by atoms with Crippen LogP contribution in [-0.2, 0) is 13.0 Å². The molecule has 4 heteroatoms. The average Bonchev–Trinajstić information content (AvgIpc) is 2.77. The van der Waals surface area contributed by atoms with Gasteiger partial charge in [0, 0.05) is 18.4 Å². The number of aromatic amines is 1. The Morgan fingerprint density at radius 1 is 1.22 bits per heavy atom. The molecule has 0 amide bonds. The number of aryl methyl sites for hydroxylation is 3. The van der Waals surface area contributed by atoms with Crippen molar-refractivity contribution >= 4 is 0 Å². The fourth-order valence-corrected chi connectivity index (χ4v) is 1.85. The van der Waals surface area contributed by atoms with Gasteiger partial charge in [-0.05, 0) is 50.4 Å². The van der Waals surface area contributed by atoms with Gasteiger partial charge in [-0.25, -0.2) is 0 Å². The minimum atomic E-state index is 0.838. The first-order valence-electron chi connectivity index (χ1n) is 6.37. The van der Waals surface area contributed by atoms with E-state index in [1.165, 1.54) is 16.8 Å². The van der Waals surface area contributed by atoms with Gasteiger partial charge in [-0.3, -0.25) is 10.1 Å². The van der Waals surface area contributed by atoms with Gasteiger partial charge in [-0.15, -0.1) is 0 Å². The molecule has 0 fully saturated rings. The van der Waals surface area contributed by atoms with Crippen molar-refractivity contribution in [2.45, 2.75) is 33.2 Å². The van der Waals surface area contributed by atoms with Crippen molar-refractivity contribution in [3.63, 3.8) is 0 Å². The van der Waals surface area contributed by atoms with Crippen molar-refractivity contribution < 1.29 is 0 Å². The Balaban J connectivity index is 1.64. The number of hydrogen-bond acceptors (Lipinski definition) is 3. The van der Waals surface area contributed by atoms with Gasteiger partial charge in [0.15, 0.2) is 0 Å². The highest BCUT2D eigenvalue weighted by Crippen LogP contribution is 2.05. The van der Waals surface area contributed by atoms with Crippen LogP contribution in [0.5, 0.6) is 0 Å². The smallest absolute Gasteiger partial charge is 0.0541 e. The van der Waals surface area contributed by atoms with Crippen LogP contribution < -0.4 is 5.32 Å². The van der Waals surface area contributed by atoms with Crippen molar-refractivity contribution in [2.75, 3.05) is 6.54 Å². The fourth-order valence-electron chi connectivity index (χ4n) is 1.85. The van der Waals surface area contributed by atoms with E-state index in [1.807, 2.05) is 12.4 Å². The lowest BCUT2D eigenvalue weighted by Gasteiger charge is -2.04. The molecule has 0 spiro atoms. The van der Waals surface area contributed by atoms with E-state index in [0.29, 0.717) is 0 Å². The Morgan fingerprint density at radius 2 is 2.11 bits per heavy atom. The van der Waals surface area contributed by atoms with Crippen molar-refractivity contribution in [3.05, 3.63) is 47.0 Å². The molecule has 0 bridgehead atoms. The minimum Gasteiger partial charge on any atom is -0.311 e. The van der Waals surface area contributed by atoms with Gasteiger partial charge in [0.25, 0.3) is 0 Å². The Morgan fingerprint density at radius 3 is 2.78 bits per heavy atom. The van der Waals surface area contributed by atoms with Gasteiger partial charge in [-0.1, -0.05) is 6.07 Å². The zero-order chi connectivity index (χ0) is 12.8. The Bertz CT molecular complexity index is 473. The Kier molecular flexibility index (Phi) is 4.47. The molecule has 0 atom stereocenters. The van der Waals surface area contributed by atoms with Crippen molar-refractivity contribution in [2.24, 2.45) is 0 Å². The summed E-state index contributed by atoms with van der Waals surface area (Å²) in [6, 6.07) is 4.17. The zero-order valence-corrected chi connectivity index (χ0v) is 11.0. The lowest BCUT2D eigenvalue weighted by atomic mass is 10.1. The van der Waals surface area contributed by atoms with E-state index in [9.17, 15) is 0 Å². The number of H-pyrrole nitrogens is 1. The molecule has 0 radical (unpaired) electrons. The summed E-state index contributed by atoms with van der Waals surface area (Å²) < 4.78 is 0. The molecule has 18 heavy (non-hydrogen) atoms. The standard InChI is InChI=1S/C14H20N4/c1-11-5-6-14(16-8-11)10-15-7-3-4-13-9-17-18-12(13)2/h5-6,8-9,15H,3-4,7,10H2,1-2H3,(H,17,18). The van der Waals surface area contributed by atoms with Crippen LogP contribution in [0.15, 0.2) is 24.5 Å². The van der Waals surface area contributed by atoms with Gasteiger partial charge in [0.2, 0.25) is 0 Å². The van der Waals surface area contributed by atoms with Crippen LogP contribution in [0, 0.1) is 13.8 Å². The molecule has 0 saturated heterocycles. The predicted octanol–water partition coefficient (Wildman–Crippen LogP) is 2.14. The molecule has 0 unspecified atom stereocenters. The Hall–Kier alpha value is -1.68. The monoisotopic (exact) mass is 244 g/mol. The molecule has 0 saturated carbocycles. The maximum Gasteiger partial charge on any atom is 0.0541 e. The molecule has 0 aliphatic carbocycles. The van der Waals surface area contributed by atoms with Crippen LogP contribution in [0.4, 0.5) is 0 Å². The molecule has 96 valence electrons. The van der Waals surface area contributed by atoms with Crippen LogP contribution in [0.25, 0.3) is 0 Å². The highest BCUT2D eigenvalue weighted by atomic mass is 15.1. The summed E-state index contributed by atoms with van der Waals surface area (Å²) in [5.41, 5.74) is 4.79. The molecule has 0 aliphatic heterocycles. The largest absolute Gasteiger partial charge is 0.311 e. The summed E-state index contributed by atoms with van der Waals surface area (Å²) in [5.74, 6) is 0. The summed E-state index contributed by atoms with van der Waals surface area (Å²) in [6.45, 7) is 5.95. The number of nitrogens with zero attached hydrogens (tertiary/aromatic N) is 2. The van der Waals surface area contributed by atoms with Crippen LogP contribution in [0.1, 0.15) is 28.9 Å². The first-order chi connectivity index (χ1) is 8.75. The summed E-state index contributed by atoms with van der Waals surface area (Å²) in [7, 11) is 0. The summed E-state index contributed by atoms with van der Waals surface area (Å²) in [5, 5.41) is 10.4. The molecular formula is C14H20N4. The third-order valence-electron chi connectivity index (χ3n) is 3.01. The molecule has 2 heterocycles. The van der Waals surface area contributed by atoms with Gasteiger partial charge in [-0.2, -0.15) is 5.10 Å². The first kappa shape index (κ1) is 12.8. The van der Waals surface area contributed by atoms with E-state index in [0.717, 1.165) is 31.6 Å². The quantitative estimate of drug-likeness (QED) is 0.765.